The molecule has 2 aromatic rings. The van der Waals surface area contributed by atoms with Crippen LogP contribution < -0.4 is 4.74 Å². The van der Waals surface area contributed by atoms with Crippen molar-refractivity contribution in [3.8, 4) is 5.75 Å². The van der Waals surface area contributed by atoms with Gasteiger partial charge in [-0.2, -0.15) is 0 Å². The van der Waals surface area contributed by atoms with Crippen LogP contribution in [0.25, 0.3) is 0 Å². The van der Waals surface area contributed by atoms with Gasteiger partial charge in [-0.15, -0.1) is 0 Å². The number of carbonyl (C=O) groups is 1. The summed E-state index contributed by atoms with van der Waals surface area (Å²) in [5.41, 5.74) is 2.41. The quantitative estimate of drug-likeness (QED) is 0.0945. The lowest BCUT2D eigenvalue weighted by Gasteiger charge is -2.29. The monoisotopic (exact) mass is 482 g/mol. The Morgan fingerprint density at radius 1 is 0.800 bits per heavy atom. The van der Waals surface area contributed by atoms with E-state index in [1.54, 1.807) is 0 Å². The fourth-order valence-electron chi connectivity index (χ4n) is 4.45. The highest BCUT2D eigenvalue weighted by atomic mass is 16.7. The van der Waals surface area contributed by atoms with Crippen LogP contribution >= 0.6 is 0 Å². The van der Waals surface area contributed by atoms with E-state index in [1.807, 2.05) is 37.3 Å². The normalized spacial score (nSPS) is 12.3. The molecule has 1 atom stereocenters. The van der Waals surface area contributed by atoms with E-state index in [1.165, 1.54) is 62.5 Å². The Morgan fingerprint density at radius 3 is 2.06 bits per heavy atom. The second-order valence-electron chi connectivity index (χ2n) is 10.4. The van der Waals surface area contributed by atoms with Gasteiger partial charge >= 0.3 is 5.97 Å². The molecule has 0 aliphatic carbocycles. The van der Waals surface area contributed by atoms with Gasteiger partial charge in [-0.25, -0.2) is 4.79 Å². The van der Waals surface area contributed by atoms with E-state index >= 15 is 0 Å². The van der Waals surface area contributed by atoms with E-state index in [2.05, 4.69) is 45.3 Å². The van der Waals surface area contributed by atoms with Gasteiger partial charge in [0.2, 0.25) is 6.29 Å². The molecule has 4 nitrogen and oxygen atoms in total. The van der Waals surface area contributed by atoms with Crippen molar-refractivity contribution in [2.75, 3.05) is 20.6 Å². The minimum Gasteiger partial charge on any atom is -0.455 e. The number of hydrogen-bond donors (Lipinski definition) is 0. The molecular formula is C31H48NO3+. The Kier molecular flexibility index (Phi) is 13.5. The summed E-state index contributed by atoms with van der Waals surface area (Å²) in [7, 11) is 4.10. The average molecular weight is 483 g/mol. The number of unbranched alkanes of at least 4 members (excludes halogenated alkanes) is 8. The van der Waals surface area contributed by atoms with Crippen molar-refractivity contribution in [1.82, 2.24) is 0 Å². The number of carbonyl (C=O) groups excluding carboxylic acids is 1. The van der Waals surface area contributed by atoms with Crippen molar-refractivity contribution < 1.29 is 18.8 Å². The Labute approximate surface area is 214 Å². The first kappa shape index (κ1) is 28.9. The van der Waals surface area contributed by atoms with Gasteiger partial charge in [-0.1, -0.05) is 114 Å². The number of esters is 1. The second kappa shape index (κ2) is 16.4. The van der Waals surface area contributed by atoms with Crippen molar-refractivity contribution in [3.63, 3.8) is 0 Å². The predicted molar refractivity (Wildman–Crippen MR) is 145 cm³/mol. The van der Waals surface area contributed by atoms with E-state index < -0.39 is 6.29 Å². The maximum Gasteiger partial charge on any atom is 0.364 e. The lowest BCUT2D eigenvalue weighted by Crippen LogP contribution is -2.44. The summed E-state index contributed by atoms with van der Waals surface area (Å²) in [5.74, 6) is 0.610. The molecular weight excluding hydrogens is 434 g/mol. The lowest BCUT2D eigenvalue weighted by atomic mass is 10.0. The largest absolute Gasteiger partial charge is 0.455 e. The molecule has 2 aromatic carbocycles. The number of likely N-dealkylation sites (N-methyl/N-ethyl adjacent to an activating group) is 1. The third kappa shape index (κ3) is 12.3. The van der Waals surface area contributed by atoms with E-state index in [4.69, 9.17) is 9.47 Å². The fourth-order valence-corrected chi connectivity index (χ4v) is 4.45. The van der Waals surface area contributed by atoms with Crippen LogP contribution in [0.3, 0.4) is 0 Å². The van der Waals surface area contributed by atoms with Crippen molar-refractivity contribution in [3.05, 3.63) is 65.7 Å². The Hall–Kier alpha value is -2.33. The Balaban J connectivity index is 1.78. The number of ether oxygens (including phenoxy) is 2. The van der Waals surface area contributed by atoms with Crippen LogP contribution in [0.4, 0.5) is 0 Å². The molecule has 0 fully saturated rings. The summed E-state index contributed by atoms with van der Waals surface area (Å²) in [5, 5.41) is 0. The first-order valence-electron chi connectivity index (χ1n) is 13.7. The molecule has 194 valence electrons. The fraction of sp³-hybridized carbons (Fsp3) is 0.581. The van der Waals surface area contributed by atoms with Gasteiger partial charge in [0, 0.05) is 12.0 Å². The standard InChI is InChI=1S/C31H48NO3/c1-5-7-8-9-10-11-12-13-17-22-28-23-18-19-24-29(28)34-31(6-2)35-30(33)26-32(3,4)25-27-20-15-14-16-21-27/h14-16,18-21,23-24,31H,5-13,17,22,25-26H2,1-4H3/q+1. The Bertz CT molecular complexity index is 834. The van der Waals surface area contributed by atoms with Crippen LogP contribution in [0.15, 0.2) is 54.6 Å². The minimum atomic E-state index is -0.566. The number of para-hydroxylation sites is 1. The van der Waals surface area contributed by atoms with Crippen molar-refractivity contribution >= 4 is 5.97 Å². The predicted octanol–water partition coefficient (Wildman–Crippen LogP) is 7.69. The highest BCUT2D eigenvalue weighted by molar-refractivity contribution is 5.70. The molecule has 0 aliphatic rings. The zero-order chi connectivity index (χ0) is 25.4. The molecule has 0 amide bonds. The SMILES string of the molecule is CCCCCCCCCCCc1ccccc1OC(CC)OC(=O)C[N+](C)(C)Cc1ccccc1. The molecule has 0 radical (unpaired) electrons. The maximum absolute atomic E-state index is 12.7. The number of benzene rings is 2. The number of rotatable bonds is 18. The van der Waals surface area contributed by atoms with Gasteiger partial charge in [0.1, 0.15) is 12.3 Å². The summed E-state index contributed by atoms with van der Waals surface area (Å²) in [6.45, 7) is 5.33. The second-order valence-corrected chi connectivity index (χ2v) is 10.4. The van der Waals surface area contributed by atoms with Gasteiger partial charge in [0.05, 0.1) is 14.1 Å². The number of aryl methyl sites for hydroxylation is 1. The molecule has 0 bridgehead atoms. The third-order valence-corrected chi connectivity index (χ3v) is 6.39. The first-order valence-corrected chi connectivity index (χ1v) is 13.7. The van der Waals surface area contributed by atoms with Gasteiger partial charge < -0.3 is 14.0 Å². The molecule has 0 saturated carbocycles. The number of quaternary nitrogens is 1. The zero-order valence-corrected chi connectivity index (χ0v) is 22.6. The molecule has 0 aliphatic heterocycles. The highest BCUT2D eigenvalue weighted by Gasteiger charge is 2.24. The van der Waals surface area contributed by atoms with Crippen LogP contribution in [0, 0.1) is 0 Å². The molecule has 0 aromatic heterocycles. The Morgan fingerprint density at radius 2 is 1.40 bits per heavy atom. The summed E-state index contributed by atoms with van der Waals surface area (Å²) in [6, 6.07) is 18.4. The van der Waals surface area contributed by atoms with Gasteiger partial charge in [-0.3, -0.25) is 0 Å². The summed E-state index contributed by atoms with van der Waals surface area (Å²) < 4.78 is 12.5. The van der Waals surface area contributed by atoms with E-state index in [0.29, 0.717) is 17.4 Å². The average Bonchev–Trinajstić information content (AvgIpc) is 2.83. The van der Waals surface area contributed by atoms with Crippen LogP contribution in [-0.4, -0.2) is 37.4 Å². The number of hydrogen-bond acceptors (Lipinski definition) is 3. The summed E-state index contributed by atoms with van der Waals surface area (Å²) in [6.07, 6.45) is 12.9. The van der Waals surface area contributed by atoms with E-state index in [9.17, 15) is 4.79 Å². The topological polar surface area (TPSA) is 35.5 Å². The highest BCUT2D eigenvalue weighted by Crippen LogP contribution is 2.23. The smallest absolute Gasteiger partial charge is 0.364 e. The van der Waals surface area contributed by atoms with Crippen molar-refractivity contribution in [2.45, 2.75) is 97.3 Å². The molecule has 0 heterocycles. The van der Waals surface area contributed by atoms with Crippen LogP contribution in [0.2, 0.25) is 0 Å². The van der Waals surface area contributed by atoms with Crippen molar-refractivity contribution in [2.24, 2.45) is 0 Å². The third-order valence-electron chi connectivity index (χ3n) is 6.39. The first-order chi connectivity index (χ1) is 16.9. The van der Waals surface area contributed by atoms with Crippen LogP contribution in [0.1, 0.15) is 89.2 Å². The molecule has 0 saturated heterocycles. The molecule has 4 heteroatoms. The molecule has 0 spiro atoms. The lowest BCUT2D eigenvalue weighted by molar-refractivity contribution is -0.896. The summed E-state index contributed by atoms with van der Waals surface area (Å²) >= 11 is 0. The molecule has 0 N–H and O–H groups in total. The van der Waals surface area contributed by atoms with Crippen molar-refractivity contribution in [1.29, 1.82) is 0 Å². The van der Waals surface area contributed by atoms with Gasteiger partial charge in [0.15, 0.2) is 6.54 Å². The number of nitrogens with zero attached hydrogens (tertiary/aromatic N) is 1. The van der Waals surface area contributed by atoms with E-state index in [0.717, 1.165) is 25.1 Å². The van der Waals surface area contributed by atoms with Crippen LogP contribution in [0.5, 0.6) is 5.75 Å². The molecule has 35 heavy (non-hydrogen) atoms. The van der Waals surface area contributed by atoms with E-state index in [-0.39, 0.29) is 5.97 Å². The summed E-state index contributed by atoms with van der Waals surface area (Å²) in [4.78, 5) is 12.7. The minimum absolute atomic E-state index is 0.228. The molecule has 2 rings (SSSR count). The maximum atomic E-state index is 12.7. The zero-order valence-electron chi connectivity index (χ0n) is 22.6. The molecule has 1 unspecified atom stereocenters. The van der Waals surface area contributed by atoms with Gasteiger partial charge in [0.25, 0.3) is 0 Å². The van der Waals surface area contributed by atoms with Gasteiger partial charge in [-0.05, 0) is 24.5 Å². The van der Waals surface area contributed by atoms with Crippen LogP contribution in [-0.2, 0) is 22.5 Å².